The fraction of sp³-hybridized carbons (Fsp3) is 0.231. The highest BCUT2D eigenvalue weighted by atomic mass is 16.5. The highest BCUT2D eigenvalue weighted by molar-refractivity contribution is 5.76. The van der Waals surface area contributed by atoms with E-state index < -0.39 is 0 Å². The number of hydrogen-bond acceptors (Lipinski definition) is 6. The van der Waals surface area contributed by atoms with Crippen molar-refractivity contribution < 1.29 is 14.2 Å². The van der Waals surface area contributed by atoms with Gasteiger partial charge in [-0.25, -0.2) is 9.97 Å². The van der Waals surface area contributed by atoms with Gasteiger partial charge in [-0.05, 0) is 80.4 Å². The summed E-state index contributed by atoms with van der Waals surface area (Å²) in [6.07, 6.45) is 3.96. The first-order valence-electron chi connectivity index (χ1n) is 10.9. The van der Waals surface area contributed by atoms with Crippen LogP contribution in [0.15, 0.2) is 79.0 Å². The van der Waals surface area contributed by atoms with Gasteiger partial charge in [-0.2, -0.15) is 0 Å². The zero-order chi connectivity index (χ0) is 21.6. The molecular weight excluding hydrogens is 402 g/mol. The van der Waals surface area contributed by atoms with E-state index in [-0.39, 0.29) is 0 Å². The first kappa shape index (κ1) is 20.3. The standard InChI is InChI=1S/C26H25N3O3/c1-2-4-20(5-3-1)31-21-6-8-22(9-7-21)32-23-10-11-24-25(16-23)29-26(17-28-24)30-18-19-12-14-27-15-13-19/h1-11,16-17,19,27H,12-15,18H2. The van der Waals surface area contributed by atoms with Gasteiger partial charge >= 0.3 is 0 Å². The SMILES string of the molecule is c1ccc(Oc2ccc(Oc3ccc4ncc(OCC5CCNCC5)nc4c3)cc2)cc1. The summed E-state index contributed by atoms with van der Waals surface area (Å²) in [6, 6.07) is 22.9. The van der Waals surface area contributed by atoms with Gasteiger partial charge in [-0.3, -0.25) is 0 Å². The number of nitrogens with zero attached hydrogens (tertiary/aromatic N) is 2. The molecular formula is C26H25N3O3. The van der Waals surface area contributed by atoms with Crippen LogP contribution in [0.4, 0.5) is 0 Å². The number of hydrogen-bond donors (Lipinski definition) is 1. The van der Waals surface area contributed by atoms with Crippen LogP contribution < -0.4 is 19.5 Å². The average Bonchev–Trinajstić information content (AvgIpc) is 2.85. The predicted molar refractivity (Wildman–Crippen MR) is 124 cm³/mol. The molecule has 32 heavy (non-hydrogen) atoms. The lowest BCUT2D eigenvalue weighted by Gasteiger charge is -2.22. The number of rotatable bonds is 7. The molecule has 6 nitrogen and oxygen atoms in total. The van der Waals surface area contributed by atoms with Crippen LogP contribution in [0.1, 0.15) is 12.8 Å². The van der Waals surface area contributed by atoms with E-state index in [9.17, 15) is 0 Å². The summed E-state index contributed by atoms with van der Waals surface area (Å²) in [4.78, 5) is 9.10. The molecule has 4 aromatic rings. The molecule has 0 amide bonds. The fourth-order valence-corrected chi connectivity index (χ4v) is 3.70. The Morgan fingerprint density at radius 2 is 1.41 bits per heavy atom. The molecule has 1 aliphatic rings. The number of piperidine rings is 1. The van der Waals surface area contributed by atoms with Gasteiger partial charge in [-0.15, -0.1) is 0 Å². The first-order valence-corrected chi connectivity index (χ1v) is 10.9. The van der Waals surface area contributed by atoms with Crippen molar-refractivity contribution in [2.24, 2.45) is 5.92 Å². The molecule has 5 rings (SSSR count). The summed E-state index contributed by atoms with van der Waals surface area (Å²) in [5.41, 5.74) is 1.55. The van der Waals surface area contributed by atoms with Gasteiger partial charge in [-0.1, -0.05) is 18.2 Å². The van der Waals surface area contributed by atoms with E-state index in [0.29, 0.717) is 24.2 Å². The zero-order valence-corrected chi connectivity index (χ0v) is 17.7. The molecule has 0 radical (unpaired) electrons. The summed E-state index contributed by atoms with van der Waals surface area (Å²) in [7, 11) is 0. The molecule has 0 aliphatic carbocycles. The van der Waals surface area contributed by atoms with E-state index in [0.717, 1.165) is 54.2 Å². The molecule has 0 bridgehead atoms. The lowest BCUT2D eigenvalue weighted by Crippen LogP contribution is -2.30. The van der Waals surface area contributed by atoms with Crippen LogP contribution in [-0.4, -0.2) is 29.7 Å². The van der Waals surface area contributed by atoms with E-state index in [1.807, 2.05) is 72.8 Å². The number of fused-ring (bicyclic) bond motifs is 1. The van der Waals surface area contributed by atoms with Crippen molar-refractivity contribution >= 4 is 11.0 Å². The summed E-state index contributed by atoms with van der Waals surface area (Å²) in [6.45, 7) is 2.78. The third kappa shape index (κ3) is 5.15. The van der Waals surface area contributed by atoms with E-state index in [1.54, 1.807) is 6.20 Å². The van der Waals surface area contributed by atoms with Gasteiger partial charge < -0.3 is 19.5 Å². The Labute approximate surface area is 187 Å². The average molecular weight is 428 g/mol. The number of nitrogens with one attached hydrogen (secondary N) is 1. The maximum absolute atomic E-state index is 6.02. The molecule has 0 unspecified atom stereocenters. The van der Waals surface area contributed by atoms with E-state index in [1.165, 1.54) is 0 Å². The summed E-state index contributed by atoms with van der Waals surface area (Å²) in [5, 5.41) is 3.37. The molecule has 1 saturated heterocycles. The second-order valence-electron chi connectivity index (χ2n) is 7.85. The third-order valence-corrected chi connectivity index (χ3v) is 5.46. The van der Waals surface area contributed by atoms with Crippen molar-refractivity contribution in [3.05, 3.63) is 79.0 Å². The lowest BCUT2D eigenvalue weighted by atomic mass is 9.99. The molecule has 1 aromatic heterocycles. The molecule has 0 spiro atoms. The van der Waals surface area contributed by atoms with Crippen LogP contribution in [0.5, 0.6) is 28.9 Å². The van der Waals surface area contributed by atoms with Crippen molar-refractivity contribution in [2.75, 3.05) is 19.7 Å². The quantitative estimate of drug-likeness (QED) is 0.415. The highest BCUT2D eigenvalue weighted by Gasteiger charge is 2.14. The zero-order valence-electron chi connectivity index (χ0n) is 17.7. The Kier molecular flexibility index (Phi) is 6.12. The van der Waals surface area contributed by atoms with Crippen LogP contribution in [0.25, 0.3) is 11.0 Å². The Bertz CT molecular complexity index is 1160. The lowest BCUT2D eigenvalue weighted by molar-refractivity contribution is 0.209. The Morgan fingerprint density at radius 1 is 0.750 bits per heavy atom. The smallest absolute Gasteiger partial charge is 0.232 e. The topological polar surface area (TPSA) is 65.5 Å². The van der Waals surface area contributed by atoms with Crippen LogP contribution in [0.2, 0.25) is 0 Å². The number of aromatic nitrogens is 2. The normalized spacial score (nSPS) is 14.2. The van der Waals surface area contributed by atoms with Crippen molar-refractivity contribution in [2.45, 2.75) is 12.8 Å². The second-order valence-corrected chi connectivity index (χ2v) is 7.85. The Hall–Kier alpha value is -3.64. The van der Waals surface area contributed by atoms with Gasteiger partial charge in [0.2, 0.25) is 5.88 Å². The van der Waals surface area contributed by atoms with Crippen LogP contribution >= 0.6 is 0 Å². The predicted octanol–water partition coefficient (Wildman–Crippen LogP) is 5.59. The molecule has 0 saturated carbocycles. The van der Waals surface area contributed by atoms with E-state index in [4.69, 9.17) is 14.2 Å². The molecule has 1 N–H and O–H groups in total. The van der Waals surface area contributed by atoms with Crippen molar-refractivity contribution in [3.63, 3.8) is 0 Å². The van der Waals surface area contributed by atoms with Gasteiger partial charge in [0.1, 0.15) is 23.0 Å². The largest absolute Gasteiger partial charge is 0.476 e. The van der Waals surface area contributed by atoms with E-state index >= 15 is 0 Å². The number of para-hydroxylation sites is 1. The summed E-state index contributed by atoms with van der Waals surface area (Å²) in [5.74, 6) is 4.08. The minimum Gasteiger partial charge on any atom is -0.476 e. The van der Waals surface area contributed by atoms with Crippen molar-refractivity contribution in [1.82, 2.24) is 15.3 Å². The maximum atomic E-state index is 6.02. The fourth-order valence-electron chi connectivity index (χ4n) is 3.70. The Balaban J connectivity index is 1.24. The minimum absolute atomic E-state index is 0.551. The molecule has 162 valence electrons. The summed E-state index contributed by atoms with van der Waals surface area (Å²) < 4.78 is 17.8. The second kappa shape index (κ2) is 9.66. The first-order chi connectivity index (χ1) is 15.8. The maximum Gasteiger partial charge on any atom is 0.232 e. The molecule has 2 heterocycles. The van der Waals surface area contributed by atoms with Crippen LogP contribution in [-0.2, 0) is 0 Å². The molecule has 3 aromatic carbocycles. The van der Waals surface area contributed by atoms with Gasteiger partial charge in [0.05, 0.1) is 23.8 Å². The van der Waals surface area contributed by atoms with Crippen LogP contribution in [0.3, 0.4) is 0 Å². The van der Waals surface area contributed by atoms with Crippen molar-refractivity contribution in [3.8, 4) is 28.9 Å². The minimum atomic E-state index is 0.551. The monoisotopic (exact) mass is 427 g/mol. The third-order valence-electron chi connectivity index (χ3n) is 5.46. The molecule has 0 atom stereocenters. The highest BCUT2D eigenvalue weighted by Crippen LogP contribution is 2.28. The van der Waals surface area contributed by atoms with Crippen LogP contribution in [0, 0.1) is 5.92 Å². The van der Waals surface area contributed by atoms with Crippen molar-refractivity contribution in [1.29, 1.82) is 0 Å². The summed E-state index contributed by atoms with van der Waals surface area (Å²) >= 11 is 0. The Morgan fingerprint density at radius 3 is 2.16 bits per heavy atom. The number of benzene rings is 3. The molecule has 1 aliphatic heterocycles. The molecule has 1 fully saturated rings. The van der Waals surface area contributed by atoms with E-state index in [2.05, 4.69) is 15.3 Å². The number of ether oxygens (including phenoxy) is 3. The molecule has 6 heteroatoms. The van der Waals surface area contributed by atoms with Gasteiger partial charge in [0, 0.05) is 6.07 Å². The van der Waals surface area contributed by atoms with Gasteiger partial charge in [0.25, 0.3) is 0 Å². The van der Waals surface area contributed by atoms with Gasteiger partial charge in [0.15, 0.2) is 0 Å².